The Morgan fingerprint density at radius 3 is 2.61 bits per heavy atom. The summed E-state index contributed by atoms with van der Waals surface area (Å²) in [5, 5.41) is 2.76. The maximum Gasteiger partial charge on any atom is 0.248 e. The molecule has 0 radical (unpaired) electrons. The van der Waals surface area contributed by atoms with Gasteiger partial charge in [-0.1, -0.05) is 12.1 Å². The molecule has 0 aliphatic heterocycles. The summed E-state index contributed by atoms with van der Waals surface area (Å²) in [5.74, 6) is -4.28. The predicted molar refractivity (Wildman–Crippen MR) is 83.6 cm³/mol. The second-order valence-corrected chi connectivity index (χ2v) is 5.65. The van der Waals surface area contributed by atoms with Gasteiger partial charge in [-0.15, -0.1) is 11.3 Å². The number of benzene rings is 2. The summed E-state index contributed by atoms with van der Waals surface area (Å²) in [6.07, 6.45) is 2.62. The van der Waals surface area contributed by atoms with Crippen molar-refractivity contribution in [2.75, 3.05) is 5.32 Å². The van der Waals surface area contributed by atoms with Crippen LogP contribution >= 0.6 is 11.3 Å². The van der Waals surface area contributed by atoms with Gasteiger partial charge < -0.3 is 5.32 Å². The van der Waals surface area contributed by atoms with Gasteiger partial charge in [-0.25, -0.2) is 18.2 Å². The summed E-state index contributed by atoms with van der Waals surface area (Å²) in [6, 6.07) is 8.46. The zero-order chi connectivity index (χ0) is 16.4. The van der Waals surface area contributed by atoms with E-state index >= 15 is 0 Å². The summed E-state index contributed by atoms with van der Waals surface area (Å²) < 4.78 is 40.3. The van der Waals surface area contributed by atoms with E-state index in [-0.39, 0.29) is 0 Å². The SMILES string of the molecule is O=C(/C=C/c1nc2ccccc2s1)Nc1cc(F)c(F)cc1F. The number of hydrogen-bond donors (Lipinski definition) is 1. The second-order valence-electron chi connectivity index (χ2n) is 4.59. The molecular formula is C16H9F3N2OS. The first-order valence-corrected chi connectivity index (χ1v) is 7.34. The summed E-state index contributed by atoms with van der Waals surface area (Å²) >= 11 is 1.39. The minimum Gasteiger partial charge on any atom is -0.320 e. The molecule has 7 heteroatoms. The number of hydrogen-bond acceptors (Lipinski definition) is 3. The molecule has 0 fully saturated rings. The molecule has 0 spiro atoms. The highest BCUT2D eigenvalue weighted by Crippen LogP contribution is 2.22. The maximum atomic E-state index is 13.4. The number of thiazole rings is 1. The van der Waals surface area contributed by atoms with Gasteiger partial charge in [-0.2, -0.15) is 0 Å². The number of amides is 1. The number of halogens is 3. The van der Waals surface area contributed by atoms with E-state index < -0.39 is 29.0 Å². The first kappa shape index (κ1) is 15.2. The van der Waals surface area contributed by atoms with E-state index in [2.05, 4.69) is 10.3 Å². The molecule has 0 saturated heterocycles. The third-order valence-corrected chi connectivity index (χ3v) is 3.96. The van der Waals surface area contributed by atoms with E-state index in [1.54, 1.807) is 0 Å². The number of anilines is 1. The van der Waals surface area contributed by atoms with Crippen LogP contribution in [0, 0.1) is 17.5 Å². The monoisotopic (exact) mass is 334 g/mol. The summed E-state index contributed by atoms with van der Waals surface area (Å²) in [7, 11) is 0. The number of fused-ring (bicyclic) bond motifs is 1. The molecule has 1 amide bonds. The van der Waals surface area contributed by atoms with Gasteiger partial charge in [0.15, 0.2) is 11.6 Å². The molecule has 0 aliphatic carbocycles. The molecule has 2 aromatic carbocycles. The van der Waals surface area contributed by atoms with Gasteiger partial charge in [0, 0.05) is 18.2 Å². The van der Waals surface area contributed by atoms with Crippen LogP contribution in [0.5, 0.6) is 0 Å². The molecule has 0 unspecified atom stereocenters. The van der Waals surface area contributed by atoms with Crippen LogP contribution in [0.4, 0.5) is 18.9 Å². The second kappa shape index (κ2) is 6.21. The van der Waals surface area contributed by atoms with Crippen LogP contribution in [-0.4, -0.2) is 10.9 Å². The Bertz CT molecular complexity index is 888. The number of aromatic nitrogens is 1. The molecule has 116 valence electrons. The van der Waals surface area contributed by atoms with E-state index in [1.165, 1.54) is 17.4 Å². The Hall–Kier alpha value is -2.67. The van der Waals surface area contributed by atoms with E-state index in [1.807, 2.05) is 24.3 Å². The van der Waals surface area contributed by atoms with Gasteiger partial charge in [0.05, 0.1) is 15.9 Å². The third kappa shape index (κ3) is 3.40. The Morgan fingerprint density at radius 1 is 1.09 bits per heavy atom. The first-order chi connectivity index (χ1) is 11.0. The van der Waals surface area contributed by atoms with Crippen LogP contribution in [0.15, 0.2) is 42.5 Å². The normalized spacial score (nSPS) is 11.3. The van der Waals surface area contributed by atoms with E-state index in [0.29, 0.717) is 17.1 Å². The Kier molecular flexibility index (Phi) is 4.12. The third-order valence-electron chi connectivity index (χ3n) is 2.96. The standard InChI is InChI=1S/C16H9F3N2OS/c17-9-7-11(19)13(8-10(9)18)20-15(22)5-6-16-21-12-3-1-2-4-14(12)23-16/h1-8H,(H,20,22)/b6-5+. The van der Waals surface area contributed by atoms with Gasteiger partial charge in [0.2, 0.25) is 5.91 Å². The van der Waals surface area contributed by atoms with Crippen LogP contribution in [0.1, 0.15) is 5.01 Å². The van der Waals surface area contributed by atoms with E-state index in [9.17, 15) is 18.0 Å². The molecule has 0 atom stereocenters. The topological polar surface area (TPSA) is 42.0 Å². The first-order valence-electron chi connectivity index (χ1n) is 6.52. The molecule has 1 aromatic heterocycles. The largest absolute Gasteiger partial charge is 0.320 e. The van der Waals surface area contributed by atoms with Crippen LogP contribution in [0.2, 0.25) is 0 Å². The molecule has 1 N–H and O–H groups in total. The summed E-state index contributed by atoms with van der Waals surface area (Å²) in [6.45, 7) is 0. The van der Waals surface area contributed by atoms with Crippen molar-refractivity contribution in [3.8, 4) is 0 Å². The van der Waals surface area contributed by atoms with Crippen molar-refractivity contribution in [2.45, 2.75) is 0 Å². The van der Waals surface area contributed by atoms with E-state index in [0.717, 1.165) is 16.3 Å². The molecule has 3 aromatic rings. The fourth-order valence-corrected chi connectivity index (χ4v) is 2.77. The average molecular weight is 334 g/mol. The van der Waals surface area contributed by atoms with Crippen molar-refractivity contribution in [3.05, 3.63) is 64.9 Å². The molecule has 3 nitrogen and oxygen atoms in total. The fraction of sp³-hybridized carbons (Fsp3) is 0. The predicted octanol–water partition coefficient (Wildman–Crippen LogP) is 4.37. The minimum absolute atomic E-state index is 0.377. The Balaban J connectivity index is 1.75. The highest BCUT2D eigenvalue weighted by atomic mass is 32.1. The van der Waals surface area contributed by atoms with Crippen molar-refractivity contribution in [1.82, 2.24) is 4.98 Å². The molecule has 1 heterocycles. The van der Waals surface area contributed by atoms with Crippen LogP contribution < -0.4 is 5.32 Å². The minimum atomic E-state index is -1.31. The summed E-state index contributed by atoms with van der Waals surface area (Å²) in [5.41, 5.74) is 0.382. The van der Waals surface area contributed by atoms with Crippen molar-refractivity contribution < 1.29 is 18.0 Å². The number of rotatable bonds is 3. The number of carbonyl (C=O) groups is 1. The van der Waals surface area contributed by atoms with Gasteiger partial charge in [0.25, 0.3) is 0 Å². The number of nitrogens with one attached hydrogen (secondary N) is 1. The smallest absolute Gasteiger partial charge is 0.248 e. The van der Waals surface area contributed by atoms with Crippen molar-refractivity contribution >= 4 is 39.2 Å². The lowest BCUT2D eigenvalue weighted by molar-refractivity contribution is -0.111. The highest BCUT2D eigenvalue weighted by Gasteiger charge is 2.11. The lowest BCUT2D eigenvalue weighted by atomic mass is 10.2. The Morgan fingerprint density at radius 2 is 1.83 bits per heavy atom. The van der Waals surface area contributed by atoms with Crippen LogP contribution in [-0.2, 0) is 4.79 Å². The lowest BCUT2D eigenvalue weighted by Gasteiger charge is -2.04. The number of para-hydroxylation sites is 1. The lowest BCUT2D eigenvalue weighted by Crippen LogP contribution is -2.10. The zero-order valence-corrected chi connectivity index (χ0v) is 12.3. The van der Waals surface area contributed by atoms with Crippen LogP contribution in [0.3, 0.4) is 0 Å². The maximum absolute atomic E-state index is 13.4. The van der Waals surface area contributed by atoms with Crippen LogP contribution in [0.25, 0.3) is 16.3 Å². The quantitative estimate of drug-likeness (QED) is 0.571. The molecule has 0 aliphatic rings. The van der Waals surface area contributed by atoms with Crippen molar-refractivity contribution in [1.29, 1.82) is 0 Å². The fourth-order valence-electron chi connectivity index (χ4n) is 1.90. The number of carbonyl (C=O) groups excluding carboxylic acids is 1. The highest BCUT2D eigenvalue weighted by molar-refractivity contribution is 7.19. The average Bonchev–Trinajstić information content (AvgIpc) is 2.93. The van der Waals surface area contributed by atoms with Gasteiger partial charge >= 0.3 is 0 Å². The van der Waals surface area contributed by atoms with Gasteiger partial charge in [-0.05, 0) is 18.2 Å². The summed E-state index contributed by atoms with van der Waals surface area (Å²) in [4.78, 5) is 16.0. The molecule has 0 bridgehead atoms. The zero-order valence-electron chi connectivity index (χ0n) is 11.5. The van der Waals surface area contributed by atoms with Gasteiger partial charge in [-0.3, -0.25) is 4.79 Å². The Labute approximate surface area is 133 Å². The van der Waals surface area contributed by atoms with E-state index in [4.69, 9.17) is 0 Å². The molecule has 23 heavy (non-hydrogen) atoms. The van der Waals surface area contributed by atoms with Crippen molar-refractivity contribution in [2.24, 2.45) is 0 Å². The van der Waals surface area contributed by atoms with Gasteiger partial charge in [0.1, 0.15) is 10.8 Å². The molecule has 0 saturated carbocycles. The number of nitrogens with zero attached hydrogens (tertiary/aromatic N) is 1. The van der Waals surface area contributed by atoms with Crippen molar-refractivity contribution in [3.63, 3.8) is 0 Å². The molecular weight excluding hydrogens is 325 g/mol. The molecule has 3 rings (SSSR count).